The molecule has 0 heterocycles. The predicted octanol–water partition coefficient (Wildman–Crippen LogP) is -1.90. The molecule has 15 heavy (non-hydrogen) atoms. The van der Waals surface area contributed by atoms with Crippen molar-refractivity contribution in [3.05, 3.63) is 0 Å². The number of amides is 1. The molecule has 0 bridgehead atoms. The van der Waals surface area contributed by atoms with Crippen LogP contribution in [0.5, 0.6) is 0 Å². The second kappa shape index (κ2) is 7.77. The summed E-state index contributed by atoms with van der Waals surface area (Å²) in [7, 11) is 2.54. The van der Waals surface area contributed by atoms with E-state index in [9.17, 15) is 9.59 Å². The minimum absolute atomic E-state index is 0.261. The lowest BCUT2D eigenvalue weighted by molar-refractivity contribution is -0.137. The average molecular weight is 254 g/mol. The van der Waals surface area contributed by atoms with Crippen molar-refractivity contribution in [1.29, 1.82) is 0 Å². The number of hydrogen-bond acceptors (Lipinski definition) is 7. The summed E-state index contributed by atoms with van der Waals surface area (Å²) in [5, 5.41) is 8.46. The Bertz CT molecular complexity index is 228. The number of hydrogen-bond donors (Lipinski definition) is 5. The molecule has 0 aliphatic carbocycles. The maximum absolute atomic E-state index is 10.8. The van der Waals surface area contributed by atoms with Crippen LogP contribution in [0.3, 0.4) is 0 Å². The van der Waals surface area contributed by atoms with Crippen LogP contribution in [0.15, 0.2) is 0 Å². The van der Waals surface area contributed by atoms with Gasteiger partial charge in [-0.25, -0.2) is 5.84 Å². The van der Waals surface area contributed by atoms with Crippen LogP contribution in [-0.2, 0) is 9.59 Å². The molecular weight excluding hydrogens is 240 g/mol. The Kier molecular flexibility index (Phi) is 7.52. The van der Waals surface area contributed by atoms with E-state index in [0.29, 0.717) is 5.75 Å². The van der Waals surface area contributed by atoms with E-state index >= 15 is 0 Å². The number of rotatable bonds is 7. The third-order valence-corrected chi connectivity index (χ3v) is 3.85. The van der Waals surface area contributed by atoms with Crippen LogP contribution in [0.4, 0.5) is 0 Å². The summed E-state index contributed by atoms with van der Waals surface area (Å²) in [5.74, 6) is 3.98. The van der Waals surface area contributed by atoms with Gasteiger partial charge in [0, 0.05) is 11.5 Å². The van der Waals surface area contributed by atoms with E-state index in [4.69, 9.17) is 22.4 Å². The van der Waals surface area contributed by atoms with Crippen LogP contribution in [0.1, 0.15) is 0 Å². The maximum Gasteiger partial charge on any atom is 0.321 e. The minimum Gasteiger partial charge on any atom is -0.480 e. The molecular formula is C6H14N4O3S2. The van der Waals surface area contributed by atoms with Gasteiger partial charge in [0.05, 0.1) is 6.04 Å². The Morgan fingerprint density at radius 1 is 1.20 bits per heavy atom. The molecule has 0 radical (unpaired) electrons. The minimum atomic E-state index is -1.05. The molecule has 9 heteroatoms. The first kappa shape index (κ1) is 14.5. The summed E-state index contributed by atoms with van der Waals surface area (Å²) >= 11 is 0. The number of nitrogens with two attached hydrogens (primary N) is 3. The van der Waals surface area contributed by atoms with Gasteiger partial charge in [-0.2, -0.15) is 0 Å². The van der Waals surface area contributed by atoms with Gasteiger partial charge < -0.3 is 16.6 Å². The predicted molar refractivity (Wildman–Crippen MR) is 60.8 cm³/mol. The number of aliphatic carboxylic acids is 1. The third kappa shape index (κ3) is 6.57. The molecule has 0 aliphatic rings. The third-order valence-electron chi connectivity index (χ3n) is 1.37. The summed E-state index contributed by atoms with van der Waals surface area (Å²) in [4.78, 5) is 21.2. The first-order valence-corrected chi connectivity index (χ1v) is 6.46. The molecule has 1 amide bonds. The quantitative estimate of drug-likeness (QED) is 0.116. The summed E-state index contributed by atoms with van der Waals surface area (Å²) in [6.07, 6.45) is 0. The SMILES string of the molecule is NNC(=O)[C@@H](N)CSSC[C@H](N)C(=O)O. The maximum atomic E-state index is 10.8. The molecule has 8 N–H and O–H groups in total. The fraction of sp³-hybridized carbons (Fsp3) is 0.667. The van der Waals surface area contributed by atoms with Crippen molar-refractivity contribution in [3.8, 4) is 0 Å². The van der Waals surface area contributed by atoms with Crippen LogP contribution in [-0.4, -0.2) is 40.6 Å². The molecule has 0 aromatic rings. The molecule has 2 atom stereocenters. The topological polar surface area (TPSA) is 144 Å². The molecule has 88 valence electrons. The van der Waals surface area contributed by atoms with Crippen LogP contribution < -0.4 is 22.7 Å². The van der Waals surface area contributed by atoms with E-state index in [0.717, 1.165) is 0 Å². The zero-order valence-electron chi connectivity index (χ0n) is 7.88. The average Bonchev–Trinajstić information content (AvgIpc) is 2.22. The standard InChI is InChI=1S/C6H14N4O3S2/c7-3(5(11)10-9)1-14-15-2-4(8)6(12)13/h3-4H,1-2,7-9H2,(H,10,11)(H,12,13)/t3-,4-/m0/s1. The summed E-state index contributed by atoms with van der Waals surface area (Å²) in [6, 6.07) is -1.60. The van der Waals surface area contributed by atoms with Gasteiger partial charge in [-0.3, -0.25) is 15.0 Å². The van der Waals surface area contributed by atoms with Gasteiger partial charge >= 0.3 is 5.97 Å². The number of carboxylic acid groups (broad SMARTS) is 1. The molecule has 7 nitrogen and oxygen atoms in total. The number of carboxylic acids is 1. The van der Waals surface area contributed by atoms with E-state index in [-0.39, 0.29) is 5.75 Å². The van der Waals surface area contributed by atoms with Crippen molar-refractivity contribution in [1.82, 2.24) is 5.43 Å². The highest BCUT2D eigenvalue weighted by molar-refractivity contribution is 8.76. The number of nitrogens with one attached hydrogen (secondary N) is 1. The Morgan fingerprint density at radius 3 is 2.07 bits per heavy atom. The molecule has 0 unspecified atom stereocenters. The van der Waals surface area contributed by atoms with Crippen molar-refractivity contribution in [2.45, 2.75) is 12.1 Å². The molecule has 0 fully saturated rings. The number of carbonyl (C=O) groups excluding carboxylic acids is 1. The number of hydrazine groups is 1. The van der Waals surface area contributed by atoms with Crippen molar-refractivity contribution in [2.75, 3.05) is 11.5 Å². The Morgan fingerprint density at radius 2 is 1.67 bits per heavy atom. The zero-order valence-corrected chi connectivity index (χ0v) is 9.51. The summed E-state index contributed by atoms with van der Waals surface area (Å²) in [6.45, 7) is 0. The lowest BCUT2D eigenvalue weighted by Gasteiger charge is -2.09. The van der Waals surface area contributed by atoms with Crippen molar-refractivity contribution < 1.29 is 14.7 Å². The van der Waals surface area contributed by atoms with Crippen LogP contribution >= 0.6 is 21.6 Å². The first-order chi connectivity index (χ1) is 6.99. The summed E-state index contributed by atoms with van der Waals surface area (Å²) < 4.78 is 0. The molecule has 0 rings (SSSR count). The highest BCUT2D eigenvalue weighted by atomic mass is 33.1. The second-order valence-corrected chi connectivity index (χ2v) is 5.18. The van der Waals surface area contributed by atoms with E-state index in [2.05, 4.69) is 0 Å². The van der Waals surface area contributed by atoms with Crippen LogP contribution in [0.2, 0.25) is 0 Å². The van der Waals surface area contributed by atoms with Gasteiger partial charge in [-0.1, -0.05) is 21.6 Å². The molecule has 0 saturated heterocycles. The fourth-order valence-corrected chi connectivity index (χ4v) is 2.73. The fourth-order valence-electron chi connectivity index (χ4n) is 0.497. The van der Waals surface area contributed by atoms with E-state index in [1.807, 2.05) is 5.43 Å². The monoisotopic (exact) mass is 254 g/mol. The van der Waals surface area contributed by atoms with Gasteiger partial charge in [0.1, 0.15) is 6.04 Å². The van der Waals surface area contributed by atoms with E-state index in [1.165, 1.54) is 21.6 Å². The van der Waals surface area contributed by atoms with E-state index in [1.54, 1.807) is 0 Å². The van der Waals surface area contributed by atoms with Crippen molar-refractivity contribution >= 4 is 33.5 Å². The Labute approximate surface area is 94.9 Å². The van der Waals surface area contributed by atoms with Crippen LogP contribution in [0, 0.1) is 0 Å². The van der Waals surface area contributed by atoms with Crippen molar-refractivity contribution in [3.63, 3.8) is 0 Å². The van der Waals surface area contributed by atoms with Gasteiger partial charge in [0.2, 0.25) is 0 Å². The van der Waals surface area contributed by atoms with Gasteiger partial charge in [-0.05, 0) is 0 Å². The lowest BCUT2D eigenvalue weighted by Crippen LogP contribution is -2.45. The zero-order chi connectivity index (χ0) is 11.8. The smallest absolute Gasteiger partial charge is 0.321 e. The second-order valence-electron chi connectivity index (χ2n) is 2.63. The molecule has 0 aromatic carbocycles. The van der Waals surface area contributed by atoms with Gasteiger partial charge in [-0.15, -0.1) is 0 Å². The molecule has 0 aliphatic heterocycles. The Hall–Kier alpha value is -0.480. The van der Waals surface area contributed by atoms with Crippen molar-refractivity contribution in [2.24, 2.45) is 17.3 Å². The highest BCUT2D eigenvalue weighted by Gasteiger charge is 2.14. The Balaban J connectivity index is 3.54. The lowest BCUT2D eigenvalue weighted by atomic mass is 10.3. The first-order valence-electron chi connectivity index (χ1n) is 3.98. The summed E-state index contributed by atoms with van der Waals surface area (Å²) in [5.41, 5.74) is 12.6. The van der Waals surface area contributed by atoms with E-state index < -0.39 is 24.0 Å². The number of carbonyl (C=O) groups is 2. The largest absolute Gasteiger partial charge is 0.480 e. The van der Waals surface area contributed by atoms with Gasteiger partial charge in [0.25, 0.3) is 5.91 Å². The van der Waals surface area contributed by atoms with Crippen LogP contribution in [0.25, 0.3) is 0 Å². The van der Waals surface area contributed by atoms with Gasteiger partial charge in [0.15, 0.2) is 0 Å². The normalized spacial score (nSPS) is 14.3. The molecule has 0 saturated carbocycles. The highest BCUT2D eigenvalue weighted by Crippen LogP contribution is 2.21. The molecule has 0 aromatic heterocycles. The molecule has 0 spiro atoms.